The van der Waals surface area contributed by atoms with Crippen molar-refractivity contribution < 1.29 is 0 Å². The van der Waals surface area contributed by atoms with Gasteiger partial charge in [0.1, 0.15) is 5.82 Å². The molecule has 1 aliphatic carbocycles. The van der Waals surface area contributed by atoms with E-state index in [1.54, 1.807) is 0 Å². The minimum absolute atomic E-state index is 0.863. The van der Waals surface area contributed by atoms with Gasteiger partial charge in [-0.15, -0.1) is 5.73 Å². The summed E-state index contributed by atoms with van der Waals surface area (Å²) in [5, 5.41) is 4.53. The molecule has 3 heterocycles. The quantitative estimate of drug-likeness (QED) is 0.211. The standard InChI is InChI=1S/C31H20N4/c1-35-30-26-12-6-18-33-28(26)27-25(11-5-17-32-27)29(30)34-31(35)22-10-4-9-21(13-15-22)24-16-14-20-7-2-3-8-23(20)19-24/h2-9,11-19H,1H3. The van der Waals surface area contributed by atoms with Gasteiger partial charge >= 0.3 is 0 Å². The molecular weight excluding hydrogens is 428 g/mol. The highest BCUT2D eigenvalue weighted by atomic mass is 15.1. The minimum atomic E-state index is 0.863. The van der Waals surface area contributed by atoms with Crippen molar-refractivity contribution in [3.05, 3.63) is 121 Å². The molecule has 0 fully saturated rings. The van der Waals surface area contributed by atoms with Crippen LogP contribution in [0.3, 0.4) is 0 Å². The molecule has 0 atom stereocenters. The number of allylic oxidation sites excluding steroid dienone is 5. The summed E-state index contributed by atoms with van der Waals surface area (Å²) in [5.41, 5.74) is 10.5. The lowest BCUT2D eigenvalue weighted by Crippen LogP contribution is -1.96. The van der Waals surface area contributed by atoms with Crippen molar-refractivity contribution in [3.8, 4) is 0 Å². The van der Waals surface area contributed by atoms with Crippen LogP contribution in [0.5, 0.6) is 0 Å². The van der Waals surface area contributed by atoms with E-state index in [-0.39, 0.29) is 0 Å². The van der Waals surface area contributed by atoms with Gasteiger partial charge in [-0.1, -0.05) is 42.5 Å². The van der Waals surface area contributed by atoms with Gasteiger partial charge in [0.15, 0.2) is 0 Å². The first kappa shape index (κ1) is 19.7. The summed E-state index contributed by atoms with van der Waals surface area (Å²) >= 11 is 0. The number of imidazole rings is 1. The summed E-state index contributed by atoms with van der Waals surface area (Å²) < 4.78 is 2.15. The molecule has 0 aliphatic heterocycles. The van der Waals surface area contributed by atoms with Crippen molar-refractivity contribution in [1.82, 2.24) is 19.5 Å². The lowest BCUT2D eigenvalue weighted by Gasteiger charge is -2.06. The normalized spacial score (nSPS) is 13.5. The Morgan fingerprint density at radius 2 is 1.51 bits per heavy atom. The second kappa shape index (κ2) is 7.63. The second-order valence-electron chi connectivity index (χ2n) is 8.73. The molecule has 3 aromatic carbocycles. The zero-order chi connectivity index (χ0) is 23.4. The van der Waals surface area contributed by atoms with E-state index in [1.807, 2.05) is 30.6 Å². The molecule has 0 radical (unpaired) electrons. The molecule has 35 heavy (non-hydrogen) atoms. The van der Waals surface area contributed by atoms with Gasteiger partial charge in [-0.2, -0.15) is 0 Å². The summed E-state index contributed by atoms with van der Waals surface area (Å²) in [5.74, 6) is 0.863. The van der Waals surface area contributed by atoms with Gasteiger partial charge < -0.3 is 4.57 Å². The summed E-state index contributed by atoms with van der Waals surface area (Å²) in [6, 6.07) is 23.1. The maximum atomic E-state index is 5.10. The number of nitrogens with zero attached hydrogens (tertiary/aromatic N) is 4. The number of rotatable bonds is 2. The fraction of sp³-hybridized carbons (Fsp3) is 0.0323. The topological polar surface area (TPSA) is 43.6 Å². The van der Waals surface area contributed by atoms with E-state index in [0.717, 1.165) is 49.8 Å². The number of hydrogen-bond acceptors (Lipinski definition) is 3. The summed E-state index contributed by atoms with van der Waals surface area (Å²) in [6.07, 6.45) is 12.0. The molecule has 0 saturated heterocycles. The van der Waals surface area contributed by atoms with Crippen LogP contribution in [0.4, 0.5) is 0 Å². The van der Waals surface area contributed by atoms with Gasteiger partial charge in [-0.3, -0.25) is 9.97 Å². The van der Waals surface area contributed by atoms with Gasteiger partial charge in [0.25, 0.3) is 0 Å². The highest BCUT2D eigenvalue weighted by Crippen LogP contribution is 2.34. The molecule has 4 heteroatoms. The molecule has 0 saturated carbocycles. The zero-order valence-corrected chi connectivity index (χ0v) is 19.1. The highest BCUT2D eigenvalue weighted by molar-refractivity contribution is 6.21. The maximum Gasteiger partial charge on any atom is 0.148 e. The number of aryl methyl sites for hydroxylation is 1. The van der Waals surface area contributed by atoms with Gasteiger partial charge in [0.05, 0.1) is 27.6 Å². The van der Waals surface area contributed by atoms with Crippen LogP contribution in [0.2, 0.25) is 0 Å². The van der Waals surface area contributed by atoms with E-state index in [0.29, 0.717) is 0 Å². The fourth-order valence-corrected chi connectivity index (χ4v) is 5.00. The third kappa shape index (κ3) is 3.05. The Morgan fingerprint density at radius 3 is 2.37 bits per heavy atom. The van der Waals surface area contributed by atoms with Crippen LogP contribution in [0.1, 0.15) is 11.4 Å². The smallest absolute Gasteiger partial charge is 0.148 e. The van der Waals surface area contributed by atoms with E-state index in [4.69, 9.17) is 4.98 Å². The predicted octanol–water partition coefficient (Wildman–Crippen LogP) is 7.01. The zero-order valence-electron chi connectivity index (χ0n) is 19.1. The predicted molar refractivity (Wildman–Crippen MR) is 144 cm³/mol. The Labute approximate surface area is 201 Å². The molecule has 164 valence electrons. The van der Waals surface area contributed by atoms with E-state index >= 15 is 0 Å². The average Bonchev–Trinajstić information content (AvgIpc) is 3.08. The summed E-state index contributed by atoms with van der Waals surface area (Å²) in [6.45, 7) is 0. The Balaban J connectivity index is 1.37. The van der Waals surface area contributed by atoms with Crippen LogP contribution >= 0.6 is 0 Å². The Kier molecular flexibility index (Phi) is 4.28. The van der Waals surface area contributed by atoms with Gasteiger partial charge in [0, 0.05) is 30.2 Å². The van der Waals surface area contributed by atoms with Crippen LogP contribution < -0.4 is 0 Å². The van der Waals surface area contributed by atoms with Crippen LogP contribution in [-0.2, 0) is 7.05 Å². The van der Waals surface area contributed by atoms with Gasteiger partial charge in [-0.05, 0) is 70.5 Å². The molecule has 0 unspecified atom stereocenters. The van der Waals surface area contributed by atoms with Crippen molar-refractivity contribution >= 4 is 54.8 Å². The molecule has 0 bridgehead atoms. The number of fused-ring (bicyclic) bond motifs is 7. The van der Waals surface area contributed by atoms with Crippen molar-refractivity contribution in [2.24, 2.45) is 7.05 Å². The molecule has 7 rings (SSSR count). The van der Waals surface area contributed by atoms with Crippen LogP contribution in [0.15, 0.2) is 109 Å². The van der Waals surface area contributed by atoms with Crippen molar-refractivity contribution in [3.63, 3.8) is 0 Å². The largest absolute Gasteiger partial charge is 0.326 e. The van der Waals surface area contributed by atoms with Crippen LogP contribution in [-0.4, -0.2) is 19.5 Å². The SMILES string of the molecule is Cn1c(C2=C=CC=C(c3ccc4ccccc4c3)C=C2)nc2c3cccnc3c3ncccc3c21. The highest BCUT2D eigenvalue weighted by Gasteiger charge is 2.18. The lowest BCUT2D eigenvalue weighted by atomic mass is 10.0. The summed E-state index contributed by atoms with van der Waals surface area (Å²) in [4.78, 5) is 14.4. The molecule has 0 amide bonds. The number of hydrogen-bond donors (Lipinski definition) is 0. The number of pyridine rings is 2. The van der Waals surface area contributed by atoms with E-state index in [9.17, 15) is 0 Å². The second-order valence-corrected chi connectivity index (χ2v) is 8.73. The molecule has 0 spiro atoms. The Bertz CT molecular complexity index is 1950. The van der Waals surface area contributed by atoms with Crippen molar-refractivity contribution in [2.45, 2.75) is 0 Å². The van der Waals surface area contributed by atoms with Gasteiger partial charge in [-0.25, -0.2) is 4.98 Å². The third-order valence-electron chi connectivity index (χ3n) is 6.70. The van der Waals surface area contributed by atoms with E-state index < -0.39 is 0 Å². The molecular formula is C31H20N4. The molecule has 1 aliphatic rings. The van der Waals surface area contributed by atoms with Crippen LogP contribution in [0, 0.1) is 0 Å². The van der Waals surface area contributed by atoms with Gasteiger partial charge in [0.2, 0.25) is 0 Å². The molecule has 4 nitrogen and oxygen atoms in total. The number of aromatic nitrogens is 4. The molecule has 3 aromatic heterocycles. The van der Waals surface area contributed by atoms with Crippen molar-refractivity contribution in [2.75, 3.05) is 0 Å². The lowest BCUT2D eigenvalue weighted by molar-refractivity contribution is 0.927. The Morgan fingerprint density at radius 1 is 0.743 bits per heavy atom. The van der Waals surface area contributed by atoms with Crippen molar-refractivity contribution in [1.29, 1.82) is 0 Å². The first-order chi connectivity index (χ1) is 17.3. The van der Waals surface area contributed by atoms with E-state index in [1.165, 1.54) is 16.3 Å². The third-order valence-corrected chi connectivity index (χ3v) is 6.70. The maximum absolute atomic E-state index is 5.10. The fourth-order valence-electron chi connectivity index (χ4n) is 5.00. The van der Waals surface area contributed by atoms with E-state index in [2.05, 4.69) is 100 Å². The molecule has 6 aromatic rings. The Hall–Kier alpha value is -4.79. The van der Waals surface area contributed by atoms with Crippen LogP contribution in [0.25, 0.3) is 54.8 Å². The first-order valence-electron chi connectivity index (χ1n) is 11.6. The first-order valence-corrected chi connectivity index (χ1v) is 11.6. The molecule has 0 N–H and O–H groups in total. The average molecular weight is 449 g/mol. The summed E-state index contributed by atoms with van der Waals surface area (Å²) in [7, 11) is 2.06. The monoisotopic (exact) mass is 448 g/mol. The minimum Gasteiger partial charge on any atom is -0.326 e. The number of benzene rings is 3.